The summed E-state index contributed by atoms with van der Waals surface area (Å²) in [5, 5.41) is 0. The number of esters is 2. The maximum absolute atomic E-state index is 14.3. The number of rotatable bonds is 3. The fourth-order valence-electron chi connectivity index (χ4n) is 6.12. The minimum Gasteiger partial charge on any atom is -0.466 e. The van der Waals surface area contributed by atoms with Crippen molar-refractivity contribution >= 4 is 35.1 Å². The highest BCUT2D eigenvalue weighted by Gasteiger charge is 2.79. The Hall–Kier alpha value is -3.94. The van der Waals surface area contributed by atoms with Gasteiger partial charge in [0.25, 0.3) is 0 Å². The number of nitrogens with zero attached hydrogens (tertiary/aromatic N) is 2. The van der Waals surface area contributed by atoms with Gasteiger partial charge in [-0.25, -0.2) is 4.79 Å². The van der Waals surface area contributed by atoms with Gasteiger partial charge in [0, 0.05) is 25.5 Å². The van der Waals surface area contributed by atoms with Crippen molar-refractivity contribution in [2.75, 3.05) is 37.6 Å². The molecule has 3 aliphatic rings. The maximum atomic E-state index is 14.3. The second-order valence-electron chi connectivity index (χ2n) is 8.62. The zero-order chi connectivity index (χ0) is 24.4. The number of carbonyl (C=O) groups is 4. The molecule has 34 heavy (non-hydrogen) atoms. The molecule has 2 aromatic carbocycles. The van der Waals surface area contributed by atoms with E-state index in [1.807, 2.05) is 0 Å². The Balaban J connectivity index is 1.98. The summed E-state index contributed by atoms with van der Waals surface area (Å²) in [6, 6.07) is 14.1. The van der Waals surface area contributed by atoms with Gasteiger partial charge in [-0.3, -0.25) is 14.4 Å². The Morgan fingerprint density at radius 3 is 2.09 bits per heavy atom. The molecule has 8 nitrogen and oxygen atoms in total. The van der Waals surface area contributed by atoms with E-state index in [4.69, 9.17) is 9.47 Å². The molecular formula is C26H24N2O6. The molecule has 8 heteroatoms. The van der Waals surface area contributed by atoms with Crippen LogP contribution in [0.15, 0.2) is 60.2 Å². The highest BCUT2D eigenvalue weighted by Crippen LogP contribution is 2.67. The van der Waals surface area contributed by atoms with Crippen LogP contribution in [-0.4, -0.2) is 51.6 Å². The number of likely N-dealkylation sites (N-methyl/N-ethyl adjacent to an activating group) is 2. The predicted octanol–water partition coefficient (Wildman–Crippen LogP) is 2.11. The van der Waals surface area contributed by atoms with Crippen molar-refractivity contribution in [3.63, 3.8) is 0 Å². The summed E-state index contributed by atoms with van der Waals surface area (Å²) in [5.41, 5.74) is -1.49. The van der Waals surface area contributed by atoms with Gasteiger partial charge >= 0.3 is 11.9 Å². The number of benzene rings is 2. The lowest BCUT2D eigenvalue weighted by atomic mass is 9.54. The minimum absolute atomic E-state index is 0.0340. The summed E-state index contributed by atoms with van der Waals surface area (Å²) in [4.78, 5) is 58.3. The SMILES string of the molecule is CCOC(=O)C1C=C(C(=O)OC)C2(C(=O)N(C)c3ccccc32)C12C(=O)N(C)c1ccccc12. The zero-order valence-electron chi connectivity index (χ0n) is 19.3. The standard InChI is InChI=1S/C26H24N2O6/c1-5-34-22(30)18-14-17(21(29)33-4)25(15-10-6-8-12-19(15)27(2)23(25)31)26(18)16-11-7-9-13-20(16)28(3)24(26)32/h6-14,18H,5H2,1-4H3. The fourth-order valence-corrected chi connectivity index (χ4v) is 6.12. The molecule has 3 atom stereocenters. The number of anilines is 2. The fraction of sp³-hybridized carbons (Fsp3) is 0.308. The molecular weight excluding hydrogens is 436 g/mol. The maximum Gasteiger partial charge on any atom is 0.334 e. The molecule has 0 bridgehead atoms. The monoisotopic (exact) mass is 460 g/mol. The van der Waals surface area contributed by atoms with Crippen molar-refractivity contribution in [2.45, 2.75) is 17.8 Å². The van der Waals surface area contributed by atoms with Crippen molar-refractivity contribution in [3.05, 3.63) is 71.3 Å². The summed E-state index contributed by atoms with van der Waals surface area (Å²) in [6.45, 7) is 1.75. The highest BCUT2D eigenvalue weighted by atomic mass is 16.5. The molecule has 2 heterocycles. The van der Waals surface area contributed by atoms with Gasteiger partial charge in [0.1, 0.15) is 10.8 Å². The Bertz CT molecular complexity index is 1300. The highest BCUT2D eigenvalue weighted by molar-refractivity contribution is 6.25. The molecule has 3 unspecified atom stereocenters. The first-order valence-electron chi connectivity index (χ1n) is 11.0. The third-order valence-electron chi connectivity index (χ3n) is 7.37. The van der Waals surface area contributed by atoms with Crippen LogP contribution in [0.25, 0.3) is 0 Å². The van der Waals surface area contributed by atoms with Gasteiger partial charge in [-0.05, 0) is 30.2 Å². The first-order valence-corrected chi connectivity index (χ1v) is 11.0. The smallest absolute Gasteiger partial charge is 0.334 e. The molecule has 0 N–H and O–H groups in total. The number of methoxy groups -OCH3 is 1. The number of para-hydroxylation sites is 2. The third kappa shape index (κ3) is 2.23. The Kier molecular flexibility index (Phi) is 4.69. The van der Waals surface area contributed by atoms with E-state index >= 15 is 0 Å². The molecule has 2 aromatic rings. The van der Waals surface area contributed by atoms with E-state index in [0.717, 1.165) is 0 Å². The summed E-state index contributed by atoms with van der Waals surface area (Å²) < 4.78 is 10.5. The molecule has 0 aromatic heterocycles. The van der Waals surface area contributed by atoms with Crippen LogP contribution in [0.5, 0.6) is 0 Å². The number of ether oxygens (including phenoxy) is 2. The van der Waals surface area contributed by atoms with Crippen LogP contribution < -0.4 is 9.80 Å². The van der Waals surface area contributed by atoms with Crippen molar-refractivity contribution in [3.8, 4) is 0 Å². The molecule has 0 saturated heterocycles. The molecule has 0 radical (unpaired) electrons. The summed E-state index contributed by atoms with van der Waals surface area (Å²) in [5.74, 6) is -3.61. The van der Waals surface area contributed by atoms with Crippen molar-refractivity contribution in [1.29, 1.82) is 0 Å². The lowest BCUT2D eigenvalue weighted by Gasteiger charge is -2.42. The van der Waals surface area contributed by atoms with Gasteiger partial charge in [-0.1, -0.05) is 42.5 Å². The van der Waals surface area contributed by atoms with Crippen LogP contribution in [0, 0.1) is 5.92 Å². The summed E-state index contributed by atoms with van der Waals surface area (Å²) in [7, 11) is 4.43. The molecule has 0 saturated carbocycles. The number of fused-ring (bicyclic) bond motifs is 5. The van der Waals surface area contributed by atoms with E-state index in [-0.39, 0.29) is 12.2 Å². The Morgan fingerprint density at radius 2 is 1.47 bits per heavy atom. The molecule has 5 rings (SSSR count). The van der Waals surface area contributed by atoms with Crippen LogP contribution in [-0.2, 0) is 39.5 Å². The molecule has 2 amide bonds. The molecule has 1 aliphatic carbocycles. The van der Waals surface area contributed by atoms with Gasteiger partial charge in [0.2, 0.25) is 11.8 Å². The molecule has 2 aliphatic heterocycles. The van der Waals surface area contributed by atoms with E-state index in [1.54, 1.807) is 69.6 Å². The van der Waals surface area contributed by atoms with Gasteiger partial charge in [-0.15, -0.1) is 0 Å². The molecule has 174 valence electrons. The normalized spacial score (nSPS) is 26.7. The predicted molar refractivity (Wildman–Crippen MR) is 123 cm³/mol. The average molecular weight is 460 g/mol. The van der Waals surface area contributed by atoms with Crippen molar-refractivity contribution in [2.24, 2.45) is 5.92 Å². The van der Waals surface area contributed by atoms with Crippen LogP contribution in [0.4, 0.5) is 11.4 Å². The zero-order valence-corrected chi connectivity index (χ0v) is 19.3. The Labute approximate surface area is 196 Å². The average Bonchev–Trinajstić information content (AvgIpc) is 3.38. The topological polar surface area (TPSA) is 93.2 Å². The van der Waals surface area contributed by atoms with E-state index in [1.165, 1.54) is 23.0 Å². The van der Waals surface area contributed by atoms with Crippen molar-refractivity contribution in [1.82, 2.24) is 0 Å². The largest absolute Gasteiger partial charge is 0.466 e. The van der Waals surface area contributed by atoms with Crippen LogP contribution in [0.1, 0.15) is 18.1 Å². The van der Waals surface area contributed by atoms with Crippen molar-refractivity contribution < 1.29 is 28.7 Å². The lowest BCUT2D eigenvalue weighted by Crippen LogP contribution is -2.62. The number of hydrogen-bond donors (Lipinski definition) is 0. The second-order valence-corrected chi connectivity index (χ2v) is 8.62. The second kappa shape index (κ2) is 7.28. The van der Waals surface area contributed by atoms with Gasteiger partial charge < -0.3 is 19.3 Å². The summed E-state index contributed by atoms with van der Waals surface area (Å²) >= 11 is 0. The Morgan fingerprint density at radius 1 is 0.912 bits per heavy atom. The van der Waals surface area contributed by atoms with E-state index in [2.05, 4.69) is 0 Å². The number of carbonyl (C=O) groups excluding carboxylic acids is 4. The third-order valence-corrected chi connectivity index (χ3v) is 7.37. The first kappa shape index (κ1) is 21.9. The van der Waals surface area contributed by atoms with Gasteiger partial charge in [0.05, 0.1) is 25.2 Å². The van der Waals surface area contributed by atoms with E-state index in [9.17, 15) is 19.2 Å². The van der Waals surface area contributed by atoms with Crippen LogP contribution in [0.3, 0.4) is 0 Å². The van der Waals surface area contributed by atoms with E-state index < -0.39 is 40.5 Å². The minimum atomic E-state index is -1.80. The van der Waals surface area contributed by atoms with E-state index in [0.29, 0.717) is 22.5 Å². The molecule has 0 fully saturated rings. The van der Waals surface area contributed by atoms with Gasteiger partial charge in [-0.2, -0.15) is 0 Å². The van der Waals surface area contributed by atoms with Crippen LogP contribution >= 0.6 is 0 Å². The number of amides is 2. The van der Waals surface area contributed by atoms with Crippen LogP contribution in [0.2, 0.25) is 0 Å². The quantitative estimate of drug-likeness (QED) is 0.652. The summed E-state index contributed by atoms with van der Waals surface area (Å²) in [6.07, 6.45) is 1.41. The van der Waals surface area contributed by atoms with Gasteiger partial charge in [0.15, 0.2) is 0 Å². The lowest BCUT2D eigenvalue weighted by molar-refractivity contribution is -0.153. The number of hydrogen-bond acceptors (Lipinski definition) is 6. The molecule has 2 spiro atoms. The first-order chi connectivity index (χ1) is 16.3.